The van der Waals surface area contributed by atoms with Gasteiger partial charge in [-0.3, -0.25) is 0 Å². The Morgan fingerprint density at radius 2 is 1.83 bits per heavy atom. The van der Waals surface area contributed by atoms with Crippen molar-refractivity contribution in [1.29, 1.82) is 0 Å². The molecular formula is C14H15ClN2S. The highest BCUT2D eigenvalue weighted by atomic mass is 35.5. The van der Waals surface area contributed by atoms with Crippen molar-refractivity contribution in [3.8, 4) is 0 Å². The molecule has 0 radical (unpaired) electrons. The third-order valence-corrected chi connectivity index (χ3v) is 4.37. The van der Waals surface area contributed by atoms with Crippen LogP contribution in [0.3, 0.4) is 0 Å². The number of benzene rings is 1. The molecule has 2 aromatic rings. The van der Waals surface area contributed by atoms with E-state index in [0.717, 1.165) is 22.8 Å². The van der Waals surface area contributed by atoms with E-state index < -0.39 is 0 Å². The monoisotopic (exact) mass is 278 g/mol. The highest BCUT2D eigenvalue weighted by molar-refractivity contribution is 7.98. The second-order valence-corrected chi connectivity index (χ2v) is 5.57. The summed E-state index contributed by atoms with van der Waals surface area (Å²) in [7, 11) is 0. The van der Waals surface area contributed by atoms with Crippen molar-refractivity contribution in [2.75, 3.05) is 0 Å². The van der Waals surface area contributed by atoms with Crippen molar-refractivity contribution >= 4 is 23.4 Å². The molecule has 0 N–H and O–H groups in total. The van der Waals surface area contributed by atoms with Gasteiger partial charge in [-0.1, -0.05) is 29.8 Å². The predicted molar refractivity (Wildman–Crippen MR) is 77.3 cm³/mol. The first-order chi connectivity index (χ1) is 8.58. The Morgan fingerprint density at radius 1 is 1.11 bits per heavy atom. The molecular weight excluding hydrogens is 264 g/mol. The van der Waals surface area contributed by atoms with E-state index in [4.69, 9.17) is 11.6 Å². The van der Waals surface area contributed by atoms with Crippen LogP contribution in [-0.4, -0.2) is 9.97 Å². The Hall–Kier alpha value is -1.06. The minimum absolute atomic E-state index is 0.558. The summed E-state index contributed by atoms with van der Waals surface area (Å²) in [5, 5.41) is 0.558. The number of halogens is 1. The van der Waals surface area contributed by atoms with E-state index in [9.17, 15) is 0 Å². The molecule has 0 atom stereocenters. The summed E-state index contributed by atoms with van der Waals surface area (Å²) >= 11 is 7.81. The lowest BCUT2D eigenvalue weighted by atomic mass is 10.2. The van der Waals surface area contributed by atoms with E-state index in [1.54, 1.807) is 11.8 Å². The van der Waals surface area contributed by atoms with Crippen LogP contribution >= 0.6 is 23.4 Å². The van der Waals surface area contributed by atoms with Crippen LogP contribution in [0.1, 0.15) is 22.6 Å². The molecule has 2 rings (SSSR count). The largest absolute Gasteiger partial charge is 0.237 e. The van der Waals surface area contributed by atoms with Crippen LogP contribution < -0.4 is 0 Å². The van der Waals surface area contributed by atoms with Gasteiger partial charge in [-0.15, -0.1) is 11.8 Å². The van der Waals surface area contributed by atoms with Gasteiger partial charge in [0.05, 0.1) is 5.75 Å². The summed E-state index contributed by atoms with van der Waals surface area (Å²) in [4.78, 5) is 10.0. The topological polar surface area (TPSA) is 25.8 Å². The Bertz CT molecular complexity index is 546. The van der Waals surface area contributed by atoms with Gasteiger partial charge in [-0.25, -0.2) is 9.97 Å². The van der Waals surface area contributed by atoms with E-state index in [2.05, 4.69) is 29.0 Å². The molecule has 1 aromatic carbocycles. The molecule has 18 heavy (non-hydrogen) atoms. The number of nitrogens with zero attached hydrogens (tertiary/aromatic N) is 2. The fraction of sp³-hybridized carbons (Fsp3) is 0.286. The zero-order valence-electron chi connectivity index (χ0n) is 10.7. The standard InChI is InChI=1S/C14H15ClN2S/c1-9-6-4-5-7-12(9)18-8-13-16-11(3)10(2)14(15)17-13/h4-7H,8H2,1-3H3. The molecule has 0 bridgehead atoms. The van der Waals surface area contributed by atoms with Crippen LogP contribution in [0, 0.1) is 20.8 Å². The molecule has 0 unspecified atom stereocenters. The third kappa shape index (κ3) is 3.03. The summed E-state index contributed by atoms with van der Waals surface area (Å²) in [5.74, 6) is 1.53. The van der Waals surface area contributed by atoms with Gasteiger partial charge in [0.15, 0.2) is 0 Å². The van der Waals surface area contributed by atoms with Gasteiger partial charge in [-0.2, -0.15) is 0 Å². The lowest BCUT2D eigenvalue weighted by Gasteiger charge is -2.07. The van der Waals surface area contributed by atoms with Crippen LogP contribution in [0.5, 0.6) is 0 Å². The zero-order chi connectivity index (χ0) is 13.1. The first-order valence-corrected chi connectivity index (χ1v) is 7.12. The van der Waals surface area contributed by atoms with Crippen molar-refractivity contribution in [1.82, 2.24) is 9.97 Å². The van der Waals surface area contributed by atoms with Crippen molar-refractivity contribution in [3.63, 3.8) is 0 Å². The maximum Gasteiger partial charge on any atom is 0.140 e. The molecule has 4 heteroatoms. The maximum absolute atomic E-state index is 6.07. The van der Waals surface area contributed by atoms with Crippen molar-refractivity contribution in [3.05, 3.63) is 52.1 Å². The number of hydrogen-bond acceptors (Lipinski definition) is 3. The van der Waals surface area contributed by atoms with E-state index in [1.165, 1.54) is 10.5 Å². The minimum Gasteiger partial charge on any atom is -0.237 e. The molecule has 94 valence electrons. The van der Waals surface area contributed by atoms with Crippen LogP contribution in [-0.2, 0) is 5.75 Å². The second kappa shape index (κ2) is 5.72. The average Bonchev–Trinajstić information content (AvgIpc) is 2.35. The molecule has 0 saturated carbocycles. The average molecular weight is 279 g/mol. The number of thioether (sulfide) groups is 1. The molecule has 0 aliphatic carbocycles. The van der Waals surface area contributed by atoms with Crippen molar-refractivity contribution in [2.24, 2.45) is 0 Å². The molecule has 0 amide bonds. The smallest absolute Gasteiger partial charge is 0.140 e. The molecule has 0 aliphatic rings. The predicted octanol–water partition coefficient (Wildman–Crippen LogP) is 4.35. The fourth-order valence-electron chi connectivity index (χ4n) is 1.57. The summed E-state index contributed by atoms with van der Waals surface area (Å²) in [6, 6.07) is 8.31. The quantitative estimate of drug-likeness (QED) is 0.617. The third-order valence-electron chi connectivity index (χ3n) is 2.83. The summed E-state index contributed by atoms with van der Waals surface area (Å²) in [6.45, 7) is 6.01. The van der Waals surface area contributed by atoms with Gasteiger partial charge in [0.2, 0.25) is 0 Å². The SMILES string of the molecule is Cc1ccccc1SCc1nc(C)c(C)c(Cl)n1. The summed E-state index contributed by atoms with van der Waals surface area (Å²) in [5.41, 5.74) is 3.19. The highest BCUT2D eigenvalue weighted by Gasteiger charge is 2.07. The van der Waals surface area contributed by atoms with E-state index in [0.29, 0.717) is 5.15 Å². The fourth-order valence-corrected chi connectivity index (χ4v) is 2.69. The first-order valence-electron chi connectivity index (χ1n) is 5.76. The molecule has 0 aliphatic heterocycles. The van der Waals surface area contributed by atoms with E-state index >= 15 is 0 Å². The molecule has 0 spiro atoms. The Kier molecular flexibility index (Phi) is 4.25. The van der Waals surface area contributed by atoms with Crippen molar-refractivity contribution < 1.29 is 0 Å². The molecule has 2 nitrogen and oxygen atoms in total. The van der Waals surface area contributed by atoms with Crippen LogP contribution in [0.2, 0.25) is 5.15 Å². The number of aromatic nitrogens is 2. The van der Waals surface area contributed by atoms with Crippen molar-refractivity contribution in [2.45, 2.75) is 31.4 Å². The highest BCUT2D eigenvalue weighted by Crippen LogP contribution is 2.25. The summed E-state index contributed by atoms with van der Waals surface area (Å²) < 4.78 is 0. The summed E-state index contributed by atoms with van der Waals surface area (Å²) in [6.07, 6.45) is 0. The van der Waals surface area contributed by atoms with Crippen LogP contribution in [0.15, 0.2) is 29.2 Å². The van der Waals surface area contributed by atoms with Crippen LogP contribution in [0.25, 0.3) is 0 Å². The maximum atomic E-state index is 6.07. The molecule has 1 aromatic heterocycles. The first kappa shape index (κ1) is 13.4. The number of rotatable bonds is 3. The molecule has 0 fully saturated rings. The van der Waals surface area contributed by atoms with E-state index in [-0.39, 0.29) is 0 Å². The Balaban J connectivity index is 2.14. The van der Waals surface area contributed by atoms with Gasteiger partial charge in [0.25, 0.3) is 0 Å². The lowest BCUT2D eigenvalue weighted by molar-refractivity contribution is 0.972. The van der Waals surface area contributed by atoms with Gasteiger partial charge >= 0.3 is 0 Å². The van der Waals surface area contributed by atoms with Crippen LogP contribution in [0.4, 0.5) is 0 Å². The molecule has 1 heterocycles. The van der Waals surface area contributed by atoms with Gasteiger partial charge in [-0.05, 0) is 32.4 Å². The lowest BCUT2D eigenvalue weighted by Crippen LogP contribution is -1.99. The number of hydrogen-bond donors (Lipinski definition) is 0. The van der Waals surface area contributed by atoms with Gasteiger partial charge in [0, 0.05) is 16.2 Å². The molecule has 0 saturated heterocycles. The number of aryl methyl sites for hydroxylation is 2. The van der Waals surface area contributed by atoms with Gasteiger partial charge in [0.1, 0.15) is 11.0 Å². The minimum atomic E-state index is 0.558. The van der Waals surface area contributed by atoms with Gasteiger partial charge < -0.3 is 0 Å². The normalized spacial score (nSPS) is 10.7. The second-order valence-electron chi connectivity index (χ2n) is 4.20. The Labute approximate surface area is 117 Å². The van der Waals surface area contributed by atoms with E-state index in [1.807, 2.05) is 26.0 Å². The Morgan fingerprint density at radius 3 is 2.50 bits per heavy atom. The zero-order valence-corrected chi connectivity index (χ0v) is 12.3.